The summed E-state index contributed by atoms with van der Waals surface area (Å²) in [5, 5.41) is 0. The molecule has 1 aromatic carbocycles. The van der Waals surface area contributed by atoms with Gasteiger partial charge in [0.15, 0.2) is 8.32 Å². The lowest BCUT2D eigenvalue weighted by Gasteiger charge is -2.42. The fraction of sp³-hybridized carbons (Fsp3) is 0.714. The van der Waals surface area contributed by atoms with Gasteiger partial charge < -0.3 is 4.43 Å². The van der Waals surface area contributed by atoms with Crippen molar-refractivity contribution in [3.8, 4) is 0 Å². The number of aryl methyl sites for hydroxylation is 1. The van der Waals surface area contributed by atoms with Crippen molar-refractivity contribution in [2.45, 2.75) is 89.2 Å². The highest BCUT2D eigenvalue weighted by Gasteiger charge is 2.44. The molecule has 0 heterocycles. The molecule has 4 nitrogen and oxygen atoms in total. The molecule has 0 saturated heterocycles. The largest absolute Gasteiger partial charge is 0.416 e. The molecule has 0 saturated carbocycles. The predicted octanol–water partition coefficient (Wildman–Crippen LogP) is 6.06. The molecule has 0 aliphatic heterocycles. The van der Waals surface area contributed by atoms with E-state index in [1.807, 2.05) is 6.92 Å². The Hall–Kier alpha value is -0.693. The summed E-state index contributed by atoms with van der Waals surface area (Å²) in [6, 6.07) is 6.74. The quantitative estimate of drug-likeness (QED) is 0.237. The van der Waals surface area contributed by atoms with Gasteiger partial charge in [0.2, 0.25) is 0 Å². The van der Waals surface area contributed by atoms with Gasteiger partial charge >= 0.3 is 0 Å². The minimum absolute atomic E-state index is 0.220. The average molecular weight is 415 g/mol. The molecule has 156 valence electrons. The third-order valence-electron chi connectivity index (χ3n) is 5.40. The van der Waals surface area contributed by atoms with E-state index >= 15 is 0 Å². The van der Waals surface area contributed by atoms with Gasteiger partial charge in [0.1, 0.15) is 0 Å². The second kappa shape index (κ2) is 10.7. The minimum atomic E-state index is -3.65. The van der Waals surface area contributed by atoms with Crippen LogP contribution in [-0.2, 0) is 18.7 Å². The smallest absolute Gasteiger partial charge is 0.296 e. The lowest BCUT2D eigenvalue weighted by atomic mass is 10.2. The van der Waals surface area contributed by atoms with Crippen molar-refractivity contribution in [1.82, 2.24) is 0 Å². The second-order valence-corrected chi connectivity index (χ2v) is 15.4. The van der Waals surface area contributed by atoms with Crippen LogP contribution in [0.1, 0.15) is 66.4 Å². The highest BCUT2D eigenvalue weighted by molar-refractivity contribution is 7.86. The zero-order valence-corrected chi connectivity index (χ0v) is 19.9. The molecule has 0 aliphatic carbocycles. The van der Waals surface area contributed by atoms with Gasteiger partial charge in [0.05, 0.1) is 11.5 Å². The average Bonchev–Trinajstić information content (AvgIpc) is 2.56. The van der Waals surface area contributed by atoms with E-state index in [2.05, 4.69) is 41.5 Å². The summed E-state index contributed by atoms with van der Waals surface area (Å²) >= 11 is 0. The van der Waals surface area contributed by atoms with Crippen molar-refractivity contribution in [2.75, 3.05) is 13.2 Å². The number of hydrogen-bond donors (Lipinski definition) is 0. The SMILES string of the molecule is Cc1ccc(S(=O)(=O)OCCCCCO[Si](C(C)C)(C(C)C)C(C)C)cc1. The molecule has 0 aromatic heterocycles. The first-order valence-corrected chi connectivity index (χ1v) is 13.7. The Balaban J connectivity index is 2.39. The zero-order chi connectivity index (χ0) is 20.7. The summed E-state index contributed by atoms with van der Waals surface area (Å²) in [6.07, 6.45) is 2.56. The fourth-order valence-electron chi connectivity index (χ4n) is 4.07. The van der Waals surface area contributed by atoms with Crippen LogP contribution >= 0.6 is 0 Å². The number of hydrogen-bond acceptors (Lipinski definition) is 4. The van der Waals surface area contributed by atoms with Gasteiger partial charge in [-0.1, -0.05) is 59.2 Å². The Morgan fingerprint density at radius 1 is 0.815 bits per heavy atom. The predicted molar refractivity (Wildman–Crippen MR) is 115 cm³/mol. The molecule has 1 rings (SSSR count). The normalized spacial score (nSPS) is 13.1. The monoisotopic (exact) mass is 414 g/mol. The number of benzene rings is 1. The number of unbranched alkanes of at least 4 members (excludes halogenated alkanes) is 2. The Labute approximate surface area is 167 Å². The maximum atomic E-state index is 12.1. The van der Waals surface area contributed by atoms with E-state index in [9.17, 15) is 8.42 Å². The van der Waals surface area contributed by atoms with Crippen molar-refractivity contribution < 1.29 is 17.0 Å². The Morgan fingerprint density at radius 2 is 1.30 bits per heavy atom. The van der Waals surface area contributed by atoms with Crippen molar-refractivity contribution in [1.29, 1.82) is 0 Å². The Kier molecular flexibility index (Phi) is 9.69. The van der Waals surface area contributed by atoms with Gasteiger partial charge in [0.25, 0.3) is 10.1 Å². The lowest BCUT2D eigenvalue weighted by Crippen LogP contribution is -2.47. The molecule has 1 aromatic rings. The van der Waals surface area contributed by atoms with Crippen LogP contribution in [0.5, 0.6) is 0 Å². The molecular weight excluding hydrogens is 376 g/mol. The fourth-order valence-corrected chi connectivity index (χ4v) is 10.5. The van der Waals surface area contributed by atoms with Gasteiger partial charge in [-0.15, -0.1) is 0 Å². The topological polar surface area (TPSA) is 52.6 Å². The molecule has 0 fully saturated rings. The Morgan fingerprint density at radius 3 is 1.78 bits per heavy atom. The number of rotatable bonds is 12. The summed E-state index contributed by atoms with van der Waals surface area (Å²) < 4.78 is 36.0. The van der Waals surface area contributed by atoms with E-state index in [-0.39, 0.29) is 11.5 Å². The van der Waals surface area contributed by atoms with Crippen LogP contribution in [0.2, 0.25) is 16.6 Å². The van der Waals surface area contributed by atoms with Crippen LogP contribution in [0.15, 0.2) is 29.2 Å². The van der Waals surface area contributed by atoms with E-state index in [1.165, 1.54) is 0 Å². The maximum Gasteiger partial charge on any atom is 0.296 e. The summed E-state index contributed by atoms with van der Waals surface area (Å²) in [5.74, 6) is 0. The zero-order valence-electron chi connectivity index (χ0n) is 18.1. The lowest BCUT2D eigenvalue weighted by molar-refractivity contribution is 0.258. The van der Waals surface area contributed by atoms with E-state index in [0.29, 0.717) is 23.0 Å². The summed E-state index contributed by atoms with van der Waals surface area (Å²) in [4.78, 5) is 0.220. The van der Waals surface area contributed by atoms with Crippen LogP contribution in [0.4, 0.5) is 0 Å². The second-order valence-electron chi connectivity index (χ2n) is 8.32. The van der Waals surface area contributed by atoms with Gasteiger partial charge in [-0.25, -0.2) is 0 Å². The third kappa shape index (κ3) is 6.70. The van der Waals surface area contributed by atoms with Crippen molar-refractivity contribution in [3.63, 3.8) is 0 Å². The maximum absolute atomic E-state index is 12.1. The van der Waals surface area contributed by atoms with Crippen LogP contribution in [0, 0.1) is 6.92 Å². The standard InChI is InChI=1S/C21H38O4SSi/c1-17(2)27(18(3)4,19(5)6)25-16-10-8-9-15-24-26(22,23)21-13-11-20(7)12-14-21/h11-14,17-19H,8-10,15-16H2,1-7H3. The van der Waals surface area contributed by atoms with Gasteiger partial charge in [-0.3, -0.25) is 4.18 Å². The van der Waals surface area contributed by atoms with E-state index in [4.69, 9.17) is 8.61 Å². The van der Waals surface area contributed by atoms with Crippen molar-refractivity contribution >= 4 is 18.4 Å². The molecule has 0 spiro atoms. The van der Waals surface area contributed by atoms with Crippen molar-refractivity contribution in [2.24, 2.45) is 0 Å². The highest BCUT2D eigenvalue weighted by atomic mass is 32.2. The molecule has 0 N–H and O–H groups in total. The summed E-state index contributed by atoms with van der Waals surface area (Å²) in [6.45, 7) is 16.6. The molecular formula is C21H38O4SSi. The van der Waals surface area contributed by atoms with Gasteiger partial charge in [0, 0.05) is 6.61 Å². The highest BCUT2D eigenvalue weighted by Crippen LogP contribution is 2.42. The first kappa shape index (κ1) is 24.3. The summed E-state index contributed by atoms with van der Waals surface area (Å²) in [5.41, 5.74) is 2.78. The van der Waals surface area contributed by atoms with E-state index in [0.717, 1.165) is 25.0 Å². The minimum Gasteiger partial charge on any atom is -0.416 e. The van der Waals surface area contributed by atoms with E-state index in [1.54, 1.807) is 24.3 Å². The van der Waals surface area contributed by atoms with Crippen LogP contribution in [0.3, 0.4) is 0 Å². The third-order valence-corrected chi connectivity index (χ3v) is 12.8. The van der Waals surface area contributed by atoms with Crippen molar-refractivity contribution in [3.05, 3.63) is 29.8 Å². The molecule has 0 amide bonds. The molecule has 0 radical (unpaired) electrons. The van der Waals surface area contributed by atoms with Crippen LogP contribution in [0.25, 0.3) is 0 Å². The van der Waals surface area contributed by atoms with E-state index < -0.39 is 18.4 Å². The first-order chi connectivity index (χ1) is 12.5. The molecule has 0 aliphatic rings. The van der Waals surface area contributed by atoms with Gasteiger partial charge in [-0.05, 0) is 54.9 Å². The molecule has 0 unspecified atom stereocenters. The Bertz CT molecular complexity index is 629. The molecule has 0 atom stereocenters. The van der Waals surface area contributed by atoms with Crippen LogP contribution in [-0.4, -0.2) is 29.9 Å². The molecule has 0 bridgehead atoms. The molecule has 27 heavy (non-hydrogen) atoms. The van der Waals surface area contributed by atoms with Gasteiger partial charge in [-0.2, -0.15) is 8.42 Å². The molecule has 6 heteroatoms. The summed E-state index contributed by atoms with van der Waals surface area (Å²) in [7, 11) is -5.45. The van der Waals surface area contributed by atoms with Crippen LogP contribution < -0.4 is 0 Å². The first-order valence-electron chi connectivity index (χ1n) is 10.1.